The fourth-order valence-electron chi connectivity index (χ4n) is 2.69. The van der Waals surface area contributed by atoms with Crippen molar-refractivity contribution in [2.45, 2.75) is 25.3 Å². The summed E-state index contributed by atoms with van der Waals surface area (Å²) >= 11 is 0. The molecular formula is C12H21N3O. The number of hydrogen-bond donors (Lipinski definition) is 1. The molecule has 0 spiro atoms. The third-order valence-electron chi connectivity index (χ3n) is 3.99. The van der Waals surface area contributed by atoms with Gasteiger partial charge in [-0.05, 0) is 32.4 Å². The molecule has 2 saturated heterocycles. The molecule has 16 heavy (non-hydrogen) atoms. The van der Waals surface area contributed by atoms with Crippen LogP contribution in [0.5, 0.6) is 0 Å². The zero-order valence-electron chi connectivity index (χ0n) is 9.82. The van der Waals surface area contributed by atoms with Crippen molar-refractivity contribution >= 4 is 5.91 Å². The Kier molecular flexibility index (Phi) is 2.86. The van der Waals surface area contributed by atoms with E-state index in [0.29, 0.717) is 17.9 Å². The van der Waals surface area contributed by atoms with Crippen LogP contribution < -0.4 is 5.32 Å². The Morgan fingerprint density at radius 3 is 2.69 bits per heavy atom. The topological polar surface area (TPSA) is 35.6 Å². The van der Waals surface area contributed by atoms with Gasteiger partial charge in [-0.3, -0.25) is 9.69 Å². The van der Waals surface area contributed by atoms with E-state index in [1.807, 2.05) is 0 Å². The van der Waals surface area contributed by atoms with Crippen LogP contribution in [0.25, 0.3) is 0 Å². The molecule has 2 aliphatic heterocycles. The minimum atomic E-state index is 0.395. The van der Waals surface area contributed by atoms with Gasteiger partial charge in [0.25, 0.3) is 0 Å². The second kappa shape index (κ2) is 4.34. The van der Waals surface area contributed by atoms with Crippen LogP contribution in [-0.2, 0) is 4.79 Å². The van der Waals surface area contributed by atoms with Gasteiger partial charge in [0.1, 0.15) is 0 Å². The van der Waals surface area contributed by atoms with Crippen molar-refractivity contribution in [3.05, 3.63) is 0 Å². The highest BCUT2D eigenvalue weighted by Crippen LogP contribution is 2.33. The predicted molar refractivity (Wildman–Crippen MR) is 62.2 cm³/mol. The van der Waals surface area contributed by atoms with E-state index in [-0.39, 0.29) is 0 Å². The Hall–Kier alpha value is -0.610. The van der Waals surface area contributed by atoms with Crippen molar-refractivity contribution in [1.82, 2.24) is 15.1 Å². The molecule has 0 bridgehead atoms. The first-order valence-electron chi connectivity index (χ1n) is 6.58. The molecule has 1 saturated carbocycles. The Bertz CT molecular complexity index is 263. The Morgan fingerprint density at radius 1 is 1.12 bits per heavy atom. The van der Waals surface area contributed by atoms with Crippen molar-refractivity contribution in [3.63, 3.8) is 0 Å². The van der Waals surface area contributed by atoms with Gasteiger partial charge in [0.2, 0.25) is 5.91 Å². The third kappa shape index (κ3) is 2.09. The van der Waals surface area contributed by atoms with Gasteiger partial charge in [0, 0.05) is 38.1 Å². The number of rotatable bonds is 2. The molecule has 1 N–H and O–H groups in total. The van der Waals surface area contributed by atoms with Gasteiger partial charge in [0.05, 0.1) is 0 Å². The molecule has 2 heterocycles. The van der Waals surface area contributed by atoms with Gasteiger partial charge in [-0.1, -0.05) is 0 Å². The summed E-state index contributed by atoms with van der Waals surface area (Å²) in [6.07, 6.45) is 3.51. The molecule has 3 fully saturated rings. The minimum Gasteiger partial charge on any atom is -0.339 e. The van der Waals surface area contributed by atoms with Gasteiger partial charge < -0.3 is 10.2 Å². The van der Waals surface area contributed by atoms with E-state index in [2.05, 4.69) is 15.1 Å². The summed E-state index contributed by atoms with van der Waals surface area (Å²) in [5.41, 5.74) is 0. The lowest BCUT2D eigenvalue weighted by Crippen LogP contribution is -2.61. The number of nitrogens with zero attached hydrogens (tertiary/aromatic N) is 2. The van der Waals surface area contributed by atoms with Gasteiger partial charge in [0.15, 0.2) is 0 Å². The number of likely N-dealkylation sites (tertiary alicyclic amines) is 1. The van der Waals surface area contributed by atoms with Gasteiger partial charge >= 0.3 is 0 Å². The molecule has 3 rings (SSSR count). The maximum absolute atomic E-state index is 11.8. The van der Waals surface area contributed by atoms with E-state index >= 15 is 0 Å². The zero-order valence-corrected chi connectivity index (χ0v) is 9.82. The quantitative estimate of drug-likeness (QED) is 0.710. The number of nitrogens with one attached hydrogen (secondary N) is 1. The molecule has 4 nitrogen and oxygen atoms in total. The van der Waals surface area contributed by atoms with Crippen molar-refractivity contribution in [3.8, 4) is 0 Å². The minimum absolute atomic E-state index is 0.395. The first-order valence-corrected chi connectivity index (χ1v) is 6.58. The molecule has 0 atom stereocenters. The van der Waals surface area contributed by atoms with E-state index < -0.39 is 0 Å². The number of carbonyl (C=O) groups excluding carboxylic acids is 1. The number of amides is 1. The van der Waals surface area contributed by atoms with Gasteiger partial charge in [-0.25, -0.2) is 0 Å². The maximum atomic E-state index is 11.8. The van der Waals surface area contributed by atoms with Crippen LogP contribution in [0.3, 0.4) is 0 Å². The molecule has 0 aromatic heterocycles. The molecule has 0 aromatic rings. The predicted octanol–water partition coefficient (Wildman–Crippen LogP) is -0.0975. The monoisotopic (exact) mass is 223 g/mol. The second-order valence-corrected chi connectivity index (χ2v) is 5.31. The van der Waals surface area contributed by atoms with Crippen molar-refractivity contribution in [2.24, 2.45) is 5.92 Å². The normalized spacial score (nSPS) is 28.6. The molecule has 0 unspecified atom stereocenters. The van der Waals surface area contributed by atoms with E-state index in [0.717, 1.165) is 45.6 Å². The standard InChI is InChI=1S/C12H21N3O/c16-12(10-2-3-10)15-8-11(9-15)14-6-1-4-13-5-7-14/h10-11,13H,1-9H2. The highest BCUT2D eigenvalue weighted by molar-refractivity contribution is 5.81. The van der Waals surface area contributed by atoms with Crippen LogP contribution in [0.2, 0.25) is 0 Å². The van der Waals surface area contributed by atoms with Crippen molar-refractivity contribution < 1.29 is 4.79 Å². The van der Waals surface area contributed by atoms with Crippen LogP contribution in [-0.4, -0.2) is 61.0 Å². The Labute approximate surface area is 97.0 Å². The highest BCUT2D eigenvalue weighted by Gasteiger charge is 2.40. The molecule has 0 radical (unpaired) electrons. The van der Waals surface area contributed by atoms with E-state index in [1.165, 1.54) is 13.0 Å². The fraction of sp³-hybridized carbons (Fsp3) is 0.917. The molecule has 4 heteroatoms. The smallest absolute Gasteiger partial charge is 0.225 e. The number of carbonyl (C=O) groups is 1. The number of hydrogen-bond acceptors (Lipinski definition) is 3. The summed E-state index contributed by atoms with van der Waals surface area (Å²) in [6.45, 7) is 6.56. The third-order valence-corrected chi connectivity index (χ3v) is 3.99. The molecule has 1 amide bonds. The van der Waals surface area contributed by atoms with Gasteiger partial charge in [-0.15, -0.1) is 0 Å². The second-order valence-electron chi connectivity index (χ2n) is 5.31. The lowest BCUT2D eigenvalue weighted by atomic mass is 10.1. The molecular weight excluding hydrogens is 202 g/mol. The van der Waals surface area contributed by atoms with Crippen molar-refractivity contribution in [1.29, 1.82) is 0 Å². The fourth-order valence-corrected chi connectivity index (χ4v) is 2.69. The largest absolute Gasteiger partial charge is 0.339 e. The van der Waals surface area contributed by atoms with Crippen LogP contribution >= 0.6 is 0 Å². The van der Waals surface area contributed by atoms with E-state index in [4.69, 9.17) is 0 Å². The highest BCUT2D eigenvalue weighted by atomic mass is 16.2. The summed E-state index contributed by atoms with van der Waals surface area (Å²) in [6, 6.07) is 0.641. The SMILES string of the molecule is O=C(C1CC1)N1CC(N2CCCNCC2)C1. The molecule has 3 aliphatic rings. The summed E-state index contributed by atoms with van der Waals surface area (Å²) in [5, 5.41) is 3.42. The lowest BCUT2D eigenvalue weighted by Gasteiger charge is -2.45. The van der Waals surface area contributed by atoms with Crippen LogP contribution in [0.4, 0.5) is 0 Å². The Morgan fingerprint density at radius 2 is 1.94 bits per heavy atom. The Balaban J connectivity index is 1.46. The lowest BCUT2D eigenvalue weighted by molar-refractivity contribution is -0.140. The molecule has 0 aromatic carbocycles. The van der Waals surface area contributed by atoms with Crippen LogP contribution in [0, 0.1) is 5.92 Å². The summed E-state index contributed by atoms with van der Waals surface area (Å²) in [4.78, 5) is 16.4. The average molecular weight is 223 g/mol. The summed E-state index contributed by atoms with van der Waals surface area (Å²) < 4.78 is 0. The first kappa shape index (κ1) is 10.5. The van der Waals surface area contributed by atoms with Crippen LogP contribution in [0.1, 0.15) is 19.3 Å². The van der Waals surface area contributed by atoms with Gasteiger partial charge in [-0.2, -0.15) is 0 Å². The summed E-state index contributed by atoms with van der Waals surface area (Å²) in [5.74, 6) is 0.816. The summed E-state index contributed by atoms with van der Waals surface area (Å²) in [7, 11) is 0. The van der Waals surface area contributed by atoms with E-state index in [9.17, 15) is 4.79 Å². The van der Waals surface area contributed by atoms with Crippen molar-refractivity contribution in [2.75, 3.05) is 39.3 Å². The zero-order chi connectivity index (χ0) is 11.0. The molecule has 1 aliphatic carbocycles. The first-order chi connectivity index (χ1) is 7.84. The van der Waals surface area contributed by atoms with Crippen LogP contribution in [0.15, 0.2) is 0 Å². The van der Waals surface area contributed by atoms with E-state index in [1.54, 1.807) is 0 Å². The average Bonchev–Trinajstić information content (AvgIpc) is 3.04. The molecule has 90 valence electrons. The maximum Gasteiger partial charge on any atom is 0.225 e.